The summed E-state index contributed by atoms with van der Waals surface area (Å²) in [4.78, 5) is 19.1. The van der Waals surface area contributed by atoms with Crippen LogP contribution in [0.3, 0.4) is 0 Å². The fourth-order valence-electron chi connectivity index (χ4n) is 6.73. The van der Waals surface area contributed by atoms with Crippen molar-refractivity contribution in [2.24, 2.45) is 5.41 Å². The Bertz CT molecular complexity index is 1760. The average Bonchev–Trinajstić information content (AvgIpc) is 3.78. The van der Waals surface area contributed by atoms with Gasteiger partial charge >= 0.3 is 5.97 Å². The molecule has 0 radical (unpaired) electrons. The van der Waals surface area contributed by atoms with Crippen LogP contribution >= 0.6 is 11.3 Å². The number of pyridine rings is 1. The van der Waals surface area contributed by atoms with E-state index < -0.39 is 32.6 Å². The molecule has 4 fully saturated rings. The van der Waals surface area contributed by atoms with Crippen LogP contribution in [0, 0.1) is 5.41 Å². The molecule has 45 heavy (non-hydrogen) atoms. The van der Waals surface area contributed by atoms with E-state index in [0.29, 0.717) is 68.1 Å². The molecule has 0 bridgehead atoms. The lowest BCUT2D eigenvalue weighted by Gasteiger charge is -2.42. The van der Waals surface area contributed by atoms with E-state index in [1.807, 2.05) is 13.8 Å². The second-order valence-corrected chi connectivity index (χ2v) is 15.8. The van der Waals surface area contributed by atoms with Crippen molar-refractivity contribution in [3.05, 3.63) is 23.0 Å². The maximum absolute atomic E-state index is 13.8. The fourth-order valence-corrected chi connectivity index (χ4v) is 8.96. The highest BCUT2D eigenvalue weighted by atomic mass is 32.2. The molecule has 2 saturated carbocycles. The number of imidazole rings is 1. The number of carbonyl (C=O) groups excluding carboxylic acids is 1. The topological polar surface area (TPSA) is 137 Å². The van der Waals surface area contributed by atoms with Crippen LogP contribution in [0.1, 0.15) is 76.4 Å². The van der Waals surface area contributed by atoms with Gasteiger partial charge in [0.1, 0.15) is 28.0 Å². The number of hydrogen-bond acceptors (Lipinski definition) is 11. The molecule has 16 heteroatoms. The summed E-state index contributed by atoms with van der Waals surface area (Å²) in [7, 11) is -2.39. The number of nitrogens with zero attached hydrogens (tertiary/aromatic N) is 5. The summed E-state index contributed by atoms with van der Waals surface area (Å²) in [6.45, 7) is 6.68. The van der Waals surface area contributed by atoms with Crippen LogP contribution in [0.5, 0.6) is 0 Å². The fraction of sp³-hybridized carbons (Fsp3) is 0.655. The molecular formula is C29H36F2N6O6S2. The van der Waals surface area contributed by atoms with Crippen LogP contribution in [-0.4, -0.2) is 78.5 Å². The number of methoxy groups -OCH3 is 1. The maximum Gasteiger partial charge on any atom is 0.303 e. The van der Waals surface area contributed by atoms with E-state index in [1.54, 1.807) is 17.6 Å². The normalized spacial score (nSPS) is 24.9. The van der Waals surface area contributed by atoms with Gasteiger partial charge in [-0.25, -0.2) is 26.9 Å². The number of nitrogens with one attached hydrogen (secondary N) is 1. The molecule has 2 saturated heterocycles. The maximum atomic E-state index is 13.8. The van der Waals surface area contributed by atoms with Gasteiger partial charge in [-0.3, -0.25) is 9.20 Å². The largest absolute Gasteiger partial charge is 0.459 e. The zero-order valence-corrected chi connectivity index (χ0v) is 27.1. The number of rotatable bonds is 9. The Hall–Kier alpha value is -2.79. The van der Waals surface area contributed by atoms with Crippen LogP contribution in [-0.2, 0) is 34.6 Å². The van der Waals surface area contributed by atoms with Crippen molar-refractivity contribution in [1.82, 2.24) is 24.3 Å². The van der Waals surface area contributed by atoms with E-state index in [4.69, 9.17) is 19.2 Å². The number of carbonyl (C=O) groups is 1. The molecule has 0 aromatic carbocycles. The highest BCUT2D eigenvalue weighted by Gasteiger charge is 2.53. The van der Waals surface area contributed by atoms with Gasteiger partial charge in [0.05, 0.1) is 18.4 Å². The summed E-state index contributed by atoms with van der Waals surface area (Å²) in [6.07, 6.45) is 2.17. The van der Waals surface area contributed by atoms with Crippen LogP contribution in [0.4, 0.5) is 14.5 Å². The minimum Gasteiger partial charge on any atom is -0.459 e. The van der Waals surface area contributed by atoms with Gasteiger partial charge in [-0.15, -0.1) is 10.2 Å². The van der Waals surface area contributed by atoms with E-state index >= 15 is 0 Å². The minimum absolute atomic E-state index is 0.0279. The van der Waals surface area contributed by atoms with E-state index in [2.05, 4.69) is 19.8 Å². The first-order valence-electron chi connectivity index (χ1n) is 15.1. The monoisotopic (exact) mass is 666 g/mol. The molecule has 1 N–H and O–H groups in total. The predicted octanol–water partition coefficient (Wildman–Crippen LogP) is 4.19. The van der Waals surface area contributed by atoms with E-state index in [1.165, 1.54) is 13.1 Å². The molecule has 4 aliphatic rings. The number of fused-ring (bicyclic) bond motifs is 1. The molecule has 1 spiro atoms. The molecular weight excluding hydrogens is 630 g/mol. The Morgan fingerprint density at radius 2 is 1.89 bits per heavy atom. The molecule has 5 heterocycles. The van der Waals surface area contributed by atoms with Gasteiger partial charge in [-0.05, 0) is 58.4 Å². The smallest absolute Gasteiger partial charge is 0.303 e. The van der Waals surface area contributed by atoms with E-state index in [0.717, 1.165) is 24.2 Å². The van der Waals surface area contributed by atoms with Gasteiger partial charge < -0.3 is 19.1 Å². The van der Waals surface area contributed by atoms with E-state index in [-0.39, 0.29) is 33.5 Å². The first kappa shape index (κ1) is 30.8. The SMILES string of the molecule is COC1(c2nc3c(N4CCC5(CC4)CO[C@@H](C)C5OC(C)=O)cc(S(=O)(=O)NC4(C)CC4)cn3c2-c2nnc(C(F)F)s2)CC1. The van der Waals surface area contributed by atoms with Crippen molar-refractivity contribution in [2.75, 3.05) is 31.7 Å². The molecule has 2 aliphatic carbocycles. The number of alkyl halides is 2. The Balaban J connectivity index is 1.36. The molecule has 244 valence electrons. The molecule has 2 atom stereocenters. The number of esters is 1. The van der Waals surface area contributed by atoms with Crippen molar-refractivity contribution in [3.8, 4) is 10.7 Å². The quantitative estimate of drug-likeness (QED) is 0.331. The number of anilines is 1. The van der Waals surface area contributed by atoms with Crippen molar-refractivity contribution in [1.29, 1.82) is 0 Å². The number of hydrogen-bond donors (Lipinski definition) is 1. The third-order valence-electron chi connectivity index (χ3n) is 9.78. The Morgan fingerprint density at radius 1 is 1.18 bits per heavy atom. The zero-order valence-electron chi connectivity index (χ0n) is 25.5. The van der Waals surface area contributed by atoms with Crippen LogP contribution in [0.15, 0.2) is 17.2 Å². The second-order valence-electron chi connectivity index (χ2n) is 13.1. The van der Waals surface area contributed by atoms with Gasteiger partial charge in [0, 0.05) is 44.3 Å². The summed E-state index contributed by atoms with van der Waals surface area (Å²) in [5.74, 6) is -0.355. The molecule has 0 amide bonds. The van der Waals surface area contributed by atoms with Gasteiger partial charge in [-0.2, -0.15) is 0 Å². The van der Waals surface area contributed by atoms with E-state index in [9.17, 15) is 22.0 Å². The third-order valence-corrected chi connectivity index (χ3v) is 12.3. The zero-order chi connectivity index (χ0) is 31.9. The van der Waals surface area contributed by atoms with Crippen molar-refractivity contribution in [2.45, 2.75) is 94.0 Å². The highest BCUT2D eigenvalue weighted by Crippen LogP contribution is 2.53. The Labute approximate surface area is 263 Å². The van der Waals surface area contributed by atoms with Gasteiger partial charge in [-0.1, -0.05) is 11.3 Å². The number of aromatic nitrogens is 4. The van der Waals surface area contributed by atoms with Gasteiger partial charge in [0.15, 0.2) is 15.7 Å². The summed E-state index contributed by atoms with van der Waals surface area (Å²) < 4.78 is 76.9. The number of halogens is 2. The Morgan fingerprint density at radius 3 is 2.47 bits per heavy atom. The molecule has 3 aromatic rings. The number of ether oxygens (including phenoxy) is 3. The van der Waals surface area contributed by atoms with Crippen molar-refractivity contribution < 1.29 is 36.2 Å². The number of sulfonamides is 1. The highest BCUT2D eigenvalue weighted by molar-refractivity contribution is 7.89. The standard InChI is InChI=1S/C29H36F2N6O6S2/c1-16-22(43-17(2)38)28(15-42-16)9-11-36(12-10-28)19-13-18(45(39,40)35-27(3)5-6-27)14-37-20(25-33-34-26(44-25)23(30)31)21(32-24(19)37)29(41-4)7-8-29/h13-14,16,22-23,35H,5-12,15H2,1-4H3/t16-,22?/m0/s1. The lowest BCUT2D eigenvalue weighted by atomic mass is 9.74. The Kier molecular flexibility index (Phi) is 7.28. The third kappa shape index (κ3) is 5.31. The second kappa shape index (κ2) is 10.6. The summed E-state index contributed by atoms with van der Waals surface area (Å²) >= 11 is 0.752. The predicted molar refractivity (Wildman–Crippen MR) is 160 cm³/mol. The summed E-state index contributed by atoms with van der Waals surface area (Å²) in [6, 6.07) is 1.64. The van der Waals surface area contributed by atoms with Gasteiger partial charge in [0.2, 0.25) is 10.0 Å². The van der Waals surface area contributed by atoms with Gasteiger partial charge in [0.25, 0.3) is 6.43 Å². The minimum atomic E-state index is -3.97. The first-order valence-corrected chi connectivity index (χ1v) is 17.4. The molecule has 7 rings (SSSR count). The molecule has 12 nitrogen and oxygen atoms in total. The number of piperidine rings is 1. The lowest BCUT2D eigenvalue weighted by molar-refractivity contribution is -0.154. The molecule has 3 aromatic heterocycles. The molecule has 2 aliphatic heterocycles. The molecule has 1 unspecified atom stereocenters. The lowest BCUT2D eigenvalue weighted by Crippen LogP contribution is -2.48. The van der Waals surface area contributed by atoms with Crippen molar-refractivity contribution in [3.63, 3.8) is 0 Å². The van der Waals surface area contributed by atoms with Crippen LogP contribution < -0.4 is 9.62 Å². The summed E-state index contributed by atoms with van der Waals surface area (Å²) in [5.41, 5.74) is 0.349. The van der Waals surface area contributed by atoms with Crippen LogP contribution in [0.2, 0.25) is 0 Å². The van der Waals surface area contributed by atoms with Crippen LogP contribution in [0.25, 0.3) is 16.3 Å². The summed E-state index contributed by atoms with van der Waals surface area (Å²) in [5, 5.41) is 7.58. The average molecular weight is 667 g/mol. The first-order chi connectivity index (χ1) is 21.3. The van der Waals surface area contributed by atoms with Crippen molar-refractivity contribution >= 4 is 38.7 Å².